The zero-order valence-corrected chi connectivity index (χ0v) is 14.1. The fraction of sp³-hybridized carbons (Fsp3) is 0.222. The maximum absolute atomic E-state index is 11.8. The molecular weight excluding hydrogens is 328 g/mol. The Kier molecular flexibility index (Phi) is 6.63. The Balaban J connectivity index is 1.72. The second-order valence-electron chi connectivity index (χ2n) is 5.12. The van der Waals surface area contributed by atoms with Crippen LogP contribution in [0, 0.1) is 0 Å². The van der Waals surface area contributed by atoms with Gasteiger partial charge in [-0.1, -0.05) is 35.9 Å². The molecule has 0 aliphatic carbocycles. The number of carbonyl (C=O) groups excluding carboxylic acids is 2. The molecule has 126 valence electrons. The quantitative estimate of drug-likeness (QED) is 0.809. The molecule has 0 aliphatic heterocycles. The first kappa shape index (κ1) is 17.8. The Hall–Kier alpha value is -2.53. The Morgan fingerprint density at radius 3 is 2.50 bits per heavy atom. The molecule has 0 saturated carbocycles. The second-order valence-corrected chi connectivity index (χ2v) is 5.52. The van der Waals surface area contributed by atoms with Gasteiger partial charge in [0.2, 0.25) is 5.91 Å². The first-order chi connectivity index (χ1) is 11.6. The molecule has 0 fully saturated rings. The van der Waals surface area contributed by atoms with Crippen molar-refractivity contribution in [3.63, 3.8) is 0 Å². The molecule has 0 radical (unpaired) electrons. The summed E-state index contributed by atoms with van der Waals surface area (Å²) in [6, 6.07) is 14.3. The summed E-state index contributed by atoms with van der Waals surface area (Å²) in [4.78, 5) is 23.6. The molecule has 0 spiro atoms. The molecule has 6 heteroatoms. The van der Waals surface area contributed by atoms with Crippen LogP contribution in [0.15, 0.2) is 48.5 Å². The summed E-state index contributed by atoms with van der Waals surface area (Å²) >= 11 is 6.05. The number of ether oxygens (including phenoxy) is 1. The SMILES string of the molecule is COc1ccc(CCNC(=O)CNC(=O)c2ccccc2)cc1Cl. The fourth-order valence-electron chi connectivity index (χ4n) is 2.13. The zero-order valence-electron chi connectivity index (χ0n) is 13.3. The third kappa shape index (κ3) is 5.28. The summed E-state index contributed by atoms with van der Waals surface area (Å²) in [5, 5.41) is 5.88. The number of methoxy groups -OCH3 is 1. The van der Waals surface area contributed by atoms with Crippen molar-refractivity contribution in [2.75, 3.05) is 20.2 Å². The lowest BCUT2D eigenvalue weighted by Gasteiger charge is -2.08. The molecule has 2 N–H and O–H groups in total. The van der Waals surface area contributed by atoms with E-state index in [4.69, 9.17) is 16.3 Å². The van der Waals surface area contributed by atoms with Crippen molar-refractivity contribution in [3.8, 4) is 5.75 Å². The topological polar surface area (TPSA) is 67.4 Å². The molecular formula is C18H19ClN2O3. The molecule has 0 atom stereocenters. The number of hydrogen-bond donors (Lipinski definition) is 2. The third-order valence-electron chi connectivity index (χ3n) is 3.40. The van der Waals surface area contributed by atoms with E-state index in [-0.39, 0.29) is 18.4 Å². The van der Waals surface area contributed by atoms with Gasteiger partial charge in [0.15, 0.2) is 0 Å². The van der Waals surface area contributed by atoms with Crippen molar-refractivity contribution < 1.29 is 14.3 Å². The summed E-state index contributed by atoms with van der Waals surface area (Å²) in [6.07, 6.45) is 0.641. The molecule has 24 heavy (non-hydrogen) atoms. The fourth-order valence-corrected chi connectivity index (χ4v) is 2.41. The van der Waals surface area contributed by atoms with E-state index < -0.39 is 0 Å². The first-order valence-electron chi connectivity index (χ1n) is 7.52. The van der Waals surface area contributed by atoms with Crippen LogP contribution in [-0.4, -0.2) is 32.0 Å². The van der Waals surface area contributed by atoms with Crippen LogP contribution >= 0.6 is 11.6 Å². The highest BCUT2D eigenvalue weighted by molar-refractivity contribution is 6.32. The van der Waals surface area contributed by atoms with Gasteiger partial charge in [0.1, 0.15) is 5.75 Å². The number of hydrogen-bond acceptors (Lipinski definition) is 3. The minimum atomic E-state index is -0.271. The molecule has 0 bridgehead atoms. The van der Waals surface area contributed by atoms with Gasteiger partial charge >= 0.3 is 0 Å². The van der Waals surface area contributed by atoms with E-state index in [0.717, 1.165) is 5.56 Å². The van der Waals surface area contributed by atoms with Crippen LogP contribution < -0.4 is 15.4 Å². The largest absolute Gasteiger partial charge is 0.495 e. The van der Waals surface area contributed by atoms with Crippen LogP contribution in [0.1, 0.15) is 15.9 Å². The van der Waals surface area contributed by atoms with Crippen molar-refractivity contribution in [2.45, 2.75) is 6.42 Å². The van der Waals surface area contributed by atoms with Gasteiger partial charge in [-0.25, -0.2) is 0 Å². The molecule has 2 aromatic rings. The number of amides is 2. The van der Waals surface area contributed by atoms with Gasteiger partial charge in [-0.15, -0.1) is 0 Å². The Morgan fingerprint density at radius 1 is 1.08 bits per heavy atom. The maximum Gasteiger partial charge on any atom is 0.251 e. The smallest absolute Gasteiger partial charge is 0.251 e. The maximum atomic E-state index is 11.8. The van der Waals surface area contributed by atoms with Gasteiger partial charge in [0.25, 0.3) is 5.91 Å². The van der Waals surface area contributed by atoms with E-state index in [1.54, 1.807) is 37.4 Å². The van der Waals surface area contributed by atoms with Crippen LogP contribution in [0.25, 0.3) is 0 Å². The predicted octanol–water partition coefficient (Wildman–Crippen LogP) is 2.44. The molecule has 0 heterocycles. The number of nitrogens with one attached hydrogen (secondary N) is 2. The number of benzene rings is 2. The molecule has 0 aromatic heterocycles. The van der Waals surface area contributed by atoms with Crippen LogP contribution in [0.3, 0.4) is 0 Å². The zero-order chi connectivity index (χ0) is 17.4. The normalized spacial score (nSPS) is 10.1. The average Bonchev–Trinajstić information content (AvgIpc) is 2.60. The highest BCUT2D eigenvalue weighted by Gasteiger charge is 2.07. The van der Waals surface area contributed by atoms with Crippen LogP contribution in [-0.2, 0) is 11.2 Å². The summed E-state index contributed by atoms with van der Waals surface area (Å²) in [5.41, 5.74) is 1.52. The molecule has 2 amide bonds. The van der Waals surface area contributed by atoms with Gasteiger partial charge in [-0.3, -0.25) is 9.59 Å². The van der Waals surface area contributed by atoms with E-state index >= 15 is 0 Å². The Morgan fingerprint density at radius 2 is 1.83 bits per heavy atom. The van der Waals surface area contributed by atoms with Crippen molar-refractivity contribution in [1.29, 1.82) is 0 Å². The summed E-state index contributed by atoms with van der Waals surface area (Å²) in [6.45, 7) is 0.403. The Labute approximate surface area is 146 Å². The second kappa shape index (κ2) is 8.93. The Bertz CT molecular complexity index is 705. The van der Waals surface area contributed by atoms with E-state index in [1.807, 2.05) is 18.2 Å². The van der Waals surface area contributed by atoms with E-state index in [9.17, 15) is 9.59 Å². The van der Waals surface area contributed by atoms with Crippen LogP contribution in [0.2, 0.25) is 5.02 Å². The van der Waals surface area contributed by atoms with Crippen molar-refractivity contribution in [2.24, 2.45) is 0 Å². The summed E-state index contributed by atoms with van der Waals surface area (Å²) in [5.74, 6) is 0.111. The first-order valence-corrected chi connectivity index (χ1v) is 7.90. The lowest BCUT2D eigenvalue weighted by molar-refractivity contribution is -0.120. The lowest BCUT2D eigenvalue weighted by atomic mass is 10.1. The molecule has 0 aliphatic rings. The van der Waals surface area contributed by atoms with Gasteiger partial charge in [0, 0.05) is 12.1 Å². The van der Waals surface area contributed by atoms with Gasteiger partial charge in [0.05, 0.1) is 18.7 Å². The monoisotopic (exact) mass is 346 g/mol. The van der Waals surface area contributed by atoms with E-state index in [0.29, 0.717) is 29.3 Å². The van der Waals surface area contributed by atoms with E-state index in [1.165, 1.54) is 0 Å². The van der Waals surface area contributed by atoms with E-state index in [2.05, 4.69) is 10.6 Å². The lowest BCUT2D eigenvalue weighted by Crippen LogP contribution is -2.37. The minimum Gasteiger partial charge on any atom is -0.495 e. The standard InChI is InChI=1S/C18H19ClN2O3/c1-24-16-8-7-13(11-15(16)19)9-10-20-17(22)12-21-18(23)14-5-3-2-4-6-14/h2-8,11H,9-10,12H2,1H3,(H,20,22)(H,21,23). The van der Waals surface area contributed by atoms with Crippen molar-refractivity contribution in [3.05, 3.63) is 64.7 Å². The molecule has 2 rings (SSSR count). The number of rotatable bonds is 7. The van der Waals surface area contributed by atoms with Crippen LogP contribution in [0.4, 0.5) is 0 Å². The predicted molar refractivity (Wildman–Crippen MR) is 93.5 cm³/mol. The third-order valence-corrected chi connectivity index (χ3v) is 3.69. The molecule has 0 unspecified atom stereocenters. The van der Waals surface area contributed by atoms with Gasteiger partial charge in [-0.05, 0) is 36.2 Å². The summed E-state index contributed by atoms with van der Waals surface area (Å²) < 4.78 is 5.09. The van der Waals surface area contributed by atoms with Gasteiger partial charge in [-0.2, -0.15) is 0 Å². The summed E-state index contributed by atoms with van der Waals surface area (Å²) in [7, 11) is 1.56. The van der Waals surface area contributed by atoms with Crippen molar-refractivity contribution in [1.82, 2.24) is 10.6 Å². The minimum absolute atomic E-state index is 0.0584. The molecule has 2 aromatic carbocycles. The molecule has 5 nitrogen and oxygen atoms in total. The van der Waals surface area contributed by atoms with Crippen molar-refractivity contribution >= 4 is 23.4 Å². The number of halogens is 1. The molecule has 0 saturated heterocycles. The van der Waals surface area contributed by atoms with Gasteiger partial charge < -0.3 is 15.4 Å². The van der Waals surface area contributed by atoms with Crippen LogP contribution in [0.5, 0.6) is 5.75 Å². The highest BCUT2D eigenvalue weighted by Crippen LogP contribution is 2.24. The average molecular weight is 347 g/mol. The highest BCUT2D eigenvalue weighted by atomic mass is 35.5. The number of carbonyl (C=O) groups is 2.